The van der Waals surface area contributed by atoms with E-state index in [0.717, 1.165) is 23.1 Å². The van der Waals surface area contributed by atoms with Crippen molar-refractivity contribution in [2.45, 2.75) is 25.8 Å². The molecule has 2 aromatic rings. The number of hydrogen-bond acceptors (Lipinski definition) is 3. The Morgan fingerprint density at radius 2 is 2.00 bits per heavy atom. The summed E-state index contributed by atoms with van der Waals surface area (Å²) in [5, 5.41) is 10.9. The summed E-state index contributed by atoms with van der Waals surface area (Å²) in [4.78, 5) is 2.33. The number of anilines is 1. The molecule has 1 aliphatic heterocycles. The maximum Gasteiger partial charge on any atom is 0.159 e. The monoisotopic (exact) mass is 247 g/mol. The van der Waals surface area contributed by atoms with Gasteiger partial charge in [0.1, 0.15) is 0 Å². The molecule has 0 amide bonds. The van der Waals surface area contributed by atoms with Crippen LogP contribution in [0.2, 0.25) is 5.15 Å². The summed E-state index contributed by atoms with van der Waals surface area (Å²) >= 11 is 6.08. The molecular weight excluding hydrogens is 234 g/mol. The van der Waals surface area contributed by atoms with Crippen LogP contribution in [0, 0.1) is 0 Å². The van der Waals surface area contributed by atoms with E-state index in [0.29, 0.717) is 11.2 Å². The van der Waals surface area contributed by atoms with Gasteiger partial charge in [-0.1, -0.05) is 35.9 Å². The third kappa shape index (κ3) is 1.75. The zero-order valence-electron chi connectivity index (χ0n) is 9.73. The Morgan fingerprint density at radius 3 is 2.71 bits per heavy atom. The van der Waals surface area contributed by atoms with E-state index in [2.05, 4.69) is 28.1 Å². The third-order valence-corrected chi connectivity index (χ3v) is 3.73. The highest BCUT2D eigenvalue weighted by molar-refractivity contribution is 6.34. The number of fused-ring (bicyclic) bond motifs is 1. The Bertz CT molecular complexity index is 555. The smallest absolute Gasteiger partial charge is 0.159 e. The first kappa shape index (κ1) is 10.8. The second kappa shape index (κ2) is 4.15. The van der Waals surface area contributed by atoms with Crippen molar-refractivity contribution in [1.29, 1.82) is 0 Å². The predicted molar refractivity (Wildman–Crippen MR) is 70.6 cm³/mol. The number of nitrogens with zero attached hydrogens (tertiary/aromatic N) is 3. The van der Waals surface area contributed by atoms with E-state index in [-0.39, 0.29) is 0 Å². The van der Waals surface area contributed by atoms with Crippen LogP contribution in [0.25, 0.3) is 10.8 Å². The lowest BCUT2D eigenvalue weighted by Gasteiger charge is -2.23. The van der Waals surface area contributed by atoms with E-state index in [4.69, 9.17) is 11.6 Å². The van der Waals surface area contributed by atoms with Crippen molar-refractivity contribution in [3.05, 3.63) is 29.4 Å². The molecule has 0 radical (unpaired) electrons. The van der Waals surface area contributed by atoms with Crippen LogP contribution in [0.3, 0.4) is 0 Å². The molecule has 1 unspecified atom stereocenters. The van der Waals surface area contributed by atoms with Crippen molar-refractivity contribution in [2.75, 3.05) is 11.4 Å². The summed E-state index contributed by atoms with van der Waals surface area (Å²) in [5.74, 6) is 0.968. The van der Waals surface area contributed by atoms with E-state index in [1.807, 2.05) is 18.2 Å². The maximum absolute atomic E-state index is 6.08. The average Bonchev–Trinajstić information content (AvgIpc) is 2.77. The lowest BCUT2D eigenvalue weighted by atomic mass is 10.1. The van der Waals surface area contributed by atoms with Gasteiger partial charge in [-0.05, 0) is 19.8 Å². The normalized spacial score (nSPS) is 20.1. The highest BCUT2D eigenvalue weighted by atomic mass is 35.5. The fraction of sp³-hybridized carbons (Fsp3) is 0.385. The summed E-state index contributed by atoms with van der Waals surface area (Å²) in [6.07, 6.45) is 2.44. The summed E-state index contributed by atoms with van der Waals surface area (Å²) in [6.45, 7) is 3.29. The van der Waals surface area contributed by atoms with E-state index in [9.17, 15) is 0 Å². The first-order chi connectivity index (χ1) is 8.27. The van der Waals surface area contributed by atoms with Crippen molar-refractivity contribution in [1.82, 2.24) is 10.2 Å². The molecule has 0 aliphatic carbocycles. The van der Waals surface area contributed by atoms with E-state index in [1.165, 1.54) is 12.8 Å². The van der Waals surface area contributed by atoms with Gasteiger partial charge in [-0.25, -0.2) is 0 Å². The van der Waals surface area contributed by atoms with Crippen LogP contribution >= 0.6 is 11.6 Å². The third-order valence-electron chi connectivity index (χ3n) is 3.45. The lowest BCUT2D eigenvalue weighted by Crippen LogP contribution is -2.27. The molecular formula is C13H14ClN3. The zero-order valence-corrected chi connectivity index (χ0v) is 10.5. The number of halogens is 1. The molecule has 88 valence electrons. The standard InChI is InChI=1S/C13H14ClN3/c1-9-5-4-8-17(9)13-11-7-3-2-6-10(11)12(14)15-16-13/h2-3,6-7,9H,4-5,8H2,1H3. The van der Waals surface area contributed by atoms with Gasteiger partial charge in [-0.3, -0.25) is 0 Å². The minimum Gasteiger partial charge on any atom is -0.352 e. The molecule has 0 bridgehead atoms. The highest BCUT2D eigenvalue weighted by Crippen LogP contribution is 2.31. The Morgan fingerprint density at radius 1 is 1.24 bits per heavy atom. The molecule has 17 heavy (non-hydrogen) atoms. The van der Waals surface area contributed by atoms with Crippen LogP contribution in [-0.4, -0.2) is 22.8 Å². The number of hydrogen-bond donors (Lipinski definition) is 0. The molecule has 3 nitrogen and oxygen atoms in total. The molecule has 3 rings (SSSR count). The highest BCUT2D eigenvalue weighted by Gasteiger charge is 2.23. The van der Waals surface area contributed by atoms with Gasteiger partial charge in [0, 0.05) is 23.4 Å². The Hall–Kier alpha value is -1.35. The molecule has 1 saturated heterocycles. The van der Waals surface area contributed by atoms with Crippen LogP contribution < -0.4 is 4.90 Å². The van der Waals surface area contributed by atoms with E-state index in [1.54, 1.807) is 0 Å². The average molecular weight is 248 g/mol. The summed E-state index contributed by atoms with van der Waals surface area (Å²) in [7, 11) is 0. The van der Waals surface area contributed by atoms with Crippen LogP contribution in [0.5, 0.6) is 0 Å². The van der Waals surface area contributed by atoms with Crippen LogP contribution in [0.1, 0.15) is 19.8 Å². The SMILES string of the molecule is CC1CCCN1c1nnc(Cl)c2ccccc12. The van der Waals surface area contributed by atoms with Crippen molar-refractivity contribution in [3.63, 3.8) is 0 Å². The molecule has 4 heteroatoms. The molecule has 2 heterocycles. The minimum atomic E-state index is 0.483. The largest absolute Gasteiger partial charge is 0.352 e. The summed E-state index contributed by atoms with van der Waals surface area (Å²) in [6, 6.07) is 8.60. The fourth-order valence-electron chi connectivity index (χ4n) is 2.52. The Labute approximate surface area is 105 Å². The van der Waals surface area contributed by atoms with Crippen molar-refractivity contribution in [2.24, 2.45) is 0 Å². The maximum atomic E-state index is 6.08. The van der Waals surface area contributed by atoms with Gasteiger partial charge in [0.05, 0.1) is 0 Å². The fourth-order valence-corrected chi connectivity index (χ4v) is 2.72. The molecule has 0 spiro atoms. The van der Waals surface area contributed by atoms with Gasteiger partial charge >= 0.3 is 0 Å². The molecule has 0 N–H and O–H groups in total. The van der Waals surface area contributed by atoms with Crippen molar-refractivity contribution >= 4 is 28.2 Å². The van der Waals surface area contributed by atoms with Crippen molar-refractivity contribution in [3.8, 4) is 0 Å². The minimum absolute atomic E-state index is 0.483. The van der Waals surface area contributed by atoms with Crippen LogP contribution in [0.4, 0.5) is 5.82 Å². The zero-order chi connectivity index (χ0) is 11.8. The molecule has 1 fully saturated rings. The number of aromatic nitrogens is 2. The quantitative estimate of drug-likeness (QED) is 0.775. The van der Waals surface area contributed by atoms with Gasteiger partial charge in [0.15, 0.2) is 11.0 Å². The van der Waals surface area contributed by atoms with Crippen molar-refractivity contribution < 1.29 is 0 Å². The first-order valence-electron chi connectivity index (χ1n) is 5.95. The first-order valence-corrected chi connectivity index (χ1v) is 6.33. The van der Waals surface area contributed by atoms with E-state index < -0.39 is 0 Å². The second-order valence-corrected chi connectivity index (χ2v) is 4.90. The van der Waals surface area contributed by atoms with E-state index >= 15 is 0 Å². The molecule has 0 saturated carbocycles. The molecule has 1 aromatic heterocycles. The molecule has 1 aromatic carbocycles. The van der Waals surface area contributed by atoms with Gasteiger partial charge in [0.2, 0.25) is 0 Å². The number of benzene rings is 1. The lowest BCUT2D eigenvalue weighted by molar-refractivity contribution is 0.724. The Balaban J connectivity index is 2.20. The molecule has 1 atom stereocenters. The topological polar surface area (TPSA) is 29.0 Å². The summed E-state index contributed by atoms with van der Waals surface area (Å²) in [5.41, 5.74) is 0. The molecule has 1 aliphatic rings. The second-order valence-electron chi connectivity index (χ2n) is 4.54. The summed E-state index contributed by atoms with van der Waals surface area (Å²) < 4.78 is 0. The predicted octanol–water partition coefficient (Wildman–Crippen LogP) is 3.27. The number of rotatable bonds is 1. The van der Waals surface area contributed by atoms with Gasteiger partial charge < -0.3 is 4.90 Å². The van der Waals surface area contributed by atoms with Gasteiger partial charge in [-0.15, -0.1) is 10.2 Å². The Kier molecular flexibility index (Phi) is 2.63. The van der Waals surface area contributed by atoms with Gasteiger partial charge in [0.25, 0.3) is 0 Å². The van der Waals surface area contributed by atoms with Crippen LogP contribution in [0.15, 0.2) is 24.3 Å². The van der Waals surface area contributed by atoms with Gasteiger partial charge in [-0.2, -0.15) is 0 Å². The van der Waals surface area contributed by atoms with Crippen LogP contribution in [-0.2, 0) is 0 Å².